The number of rotatable bonds is 4. The van der Waals surface area contributed by atoms with Crippen LogP contribution in [0.15, 0.2) is 41.3 Å². The van der Waals surface area contributed by atoms with Crippen LogP contribution in [-0.4, -0.2) is 33.5 Å². The Kier molecular flexibility index (Phi) is 4.07. The largest absolute Gasteiger partial charge is 0.350 e. The van der Waals surface area contributed by atoms with E-state index < -0.39 is 0 Å². The van der Waals surface area contributed by atoms with E-state index in [1.807, 2.05) is 30.3 Å². The monoisotopic (exact) mass is 337 g/mol. The van der Waals surface area contributed by atoms with Crippen molar-refractivity contribution in [1.82, 2.24) is 25.2 Å². The smallest absolute Gasteiger partial charge is 0.326 e. The summed E-state index contributed by atoms with van der Waals surface area (Å²) in [4.78, 5) is 31.5. The Morgan fingerprint density at radius 2 is 2.20 bits per heavy atom. The zero-order valence-corrected chi connectivity index (χ0v) is 13.7. The average molecular weight is 337 g/mol. The molecule has 0 aliphatic carbocycles. The van der Waals surface area contributed by atoms with Gasteiger partial charge in [-0.2, -0.15) is 0 Å². The van der Waals surface area contributed by atoms with Crippen LogP contribution >= 0.6 is 0 Å². The van der Waals surface area contributed by atoms with Gasteiger partial charge < -0.3 is 15.6 Å². The molecule has 3 heterocycles. The second-order valence-electron chi connectivity index (χ2n) is 6.11. The summed E-state index contributed by atoms with van der Waals surface area (Å²) in [6.07, 6.45) is 2.49. The van der Waals surface area contributed by atoms with E-state index in [1.165, 1.54) is 0 Å². The number of para-hydroxylation sites is 2. The summed E-state index contributed by atoms with van der Waals surface area (Å²) < 4.78 is 1.63. The van der Waals surface area contributed by atoms with E-state index in [2.05, 4.69) is 20.6 Å². The molecule has 0 saturated heterocycles. The molecule has 0 fully saturated rings. The molecule has 0 unspecified atom stereocenters. The Morgan fingerprint density at radius 3 is 3.12 bits per heavy atom. The summed E-state index contributed by atoms with van der Waals surface area (Å²) in [5.41, 5.74) is 4.16. The van der Waals surface area contributed by atoms with Crippen molar-refractivity contribution >= 4 is 16.9 Å². The third-order valence-electron chi connectivity index (χ3n) is 4.49. The van der Waals surface area contributed by atoms with Gasteiger partial charge >= 0.3 is 5.69 Å². The maximum Gasteiger partial charge on any atom is 0.326 e. The van der Waals surface area contributed by atoms with Crippen LogP contribution in [0.1, 0.15) is 21.6 Å². The second kappa shape index (κ2) is 6.52. The number of hydrogen-bond donors (Lipinski definition) is 3. The fraction of sp³-hybridized carbons (Fsp3) is 0.278. The van der Waals surface area contributed by atoms with Gasteiger partial charge in [-0.05, 0) is 36.7 Å². The predicted molar refractivity (Wildman–Crippen MR) is 94.5 cm³/mol. The lowest BCUT2D eigenvalue weighted by atomic mass is 10.0. The molecule has 0 spiro atoms. The number of imidazole rings is 1. The summed E-state index contributed by atoms with van der Waals surface area (Å²) >= 11 is 0. The molecule has 1 aliphatic rings. The highest BCUT2D eigenvalue weighted by molar-refractivity contribution is 5.94. The number of carbonyl (C=O) groups excluding carboxylic acids is 1. The minimum Gasteiger partial charge on any atom is -0.350 e. The SMILES string of the molecule is O=C(NCCn1c(=O)[nH]c2ccccc21)c1cnc2c(c1)CCNC2. The molecular weight excluding hydrogens is 318 g/mol. The third-order valence-corrected chi connectivity index (χ3v) is 4.49. The fourth-order valence-corrected chi connectivity index (χ4v) is 3.18. The molecule has 25 heavy (non-hydrogen) atoms. The molecule has 0 radical (unpaired) electrons. The molecule has 1 aromatic carbocycles. The Labute approximate surface area is 144 Å². The average Bonchev–Trinajstić information content (AvgIpc) is 2.96. The molecule has 4 rings (SSSR count). The number of fused-ring (bicyclic) bond motifs is 2. The number of hydrogen-bond acceptors (Lipinski definition) is 4. The minimum atomic E-state index is -0.168. The van der Waals surface area contributed by atoms with E-state index in [4.69, 9.17) is 0 Å². The highest BCUT2D eigenvalue weighted by Crippen LogP contribution is 2.13. The van der Waals surface area contributed by atoms with Crippen molar-refractivity contribution in [3.8, 4) is 0 Å². The van der Waals surface area contributed by atoms with Crippen molar-refractivity contribution in [2.45, 2.75) is 19.5 Å². The first-order valence-electron chi connectivity index (χ1n) is 8.36. The minimum absolute atomic E-state index is 0.165. The Balaban J connectivity index is 1.44. The topological polar surface area (TPSA) is 91.8 Å². The van der Waals surface area contributed by atoms with E-state index in [9.17, 15) is 9.59 Å². The summed E-state index contributed by atoms with van der Waals surface area (Å²) in [5.74, 6) is -0.165. The molecule has 0 atom stereocenters. The first-order chi connectivity index (χ1) is 12.2. The van der Waals surface area contributed by atoms with Crippen LogP contribution in [0.3, 0.4) is 0 Å². The molecule has 7 heteroatoms. The van der Waals surface area contributed by atoms with Gasteiger partial charge in [-0.25, -0.2) is 4.79 Å². The summed E-state index contributed by atoms with van der Waals surface area (Å²) in [5, 5.41) is 6.13. The molecule has 128 valence electrons. The van der Waals surface area contributed by atoms with Gasteiger partial charge in [0.15, 0.2) is 0 Å². The van der Waals surface area contributed by atoms with Crippen molar-refractivity contribution in [1.29, 1.82) is 0 Å². The number of H-pyrrole nitrogens is 1. The van der Waals surface area contributed by atoms with Gasteiger partial charge in [0.05, 0.1) is 22.3 Å². The molecule has 1 aliphatic heterocycles. The lowest BCUT2D eigenvalue weighted by Crippen LogP contribution is -2.31. The van der Waals surface area contributed by atoms with E-state index in [0.29, 0.717) is 18.7 Å². The standard InChI is InChI=1S/C18H19N5O2/c24-17(13-9-12-5-6-19-11-15(12)21-10-13)20-7-8-23-16-4-2-1-3-14(16)22-18(23)25/h1-4,9-10,19H,5-8,11H2,(H,20,24)(H,22,25). The molecule has 3 N–H and O–H groups in total. The van der Waals surface area contributed by atoms with Gasteiger partial charge in [0.25, 0.3) is 5.91 Å². The third kappa shape index (κ3) is 3.06. The van der Waals surface area contributed by atoms with Gasteiger partial charge in [-0.3, -0.25) is 14.3 Å². The fourth-order valence-electron chi connectivity index (χ4n) is 3.18. The van der Waals surface area contributed by atoms with Crippen molar-refractivity contribution in [2.24, 2.45) is 0 Å². The number of carbonyl (C=O) groups is 1. The maximum absolute atomic E-state index is 12.3. The molecular formula is C18H19N5O2. The summed E-state index contributed by atoms with van der Waals surface area (Å²) in [7, 11) is 0. The van der Waals surface area contributed by atoms with E-state index in [0.717, 1.165) is 41.8 Å². The first kappa shape index (κ1) is 15.6. The van der Waals surface area contributed by atoms with Gasteiger partial charge in [-0.1, -0.05) is 12.1 Å². The highest BCUT2D eigenvalue weighted by atomic mass is 16.2. The molecule has 2 aromatic heterocycles. The molecule has 0 bridgehead atoms. The Bertz CT molecular complexity index is 989. The van der Waals surface area contributed by atoms with Crippen LogP contribution in [0.25, 0.3) is 11.0 Å². The van der Waals surface area contributed by atoms with Crippen LogP contribution in [0.4, 0.5) is 0 Å². The quantitative estimate of drug-likeness (QED) is 0.657. The molecule has 0 saturated carbocycles. The molecule has 1 amide bonds. The molecule has 7 nitrogen and oxygen atoms in total. The normalized spacial score (nSPS) is 13.6. The lowest BCUT2D eigenvalue weighted by molar-refractivity contribution is 0.0951. The van der Waals surface area contributed by atoms with Crippen molar-refractivity contribution < 1.29 is 4.79 Å². The first-order valence-corrected chi connectivity index (χ1v) is 8.36. The van der Waals surface area contributed by atoms with Crippen LogP contribution in [0.5, 0.6) is 0 Å². The number of amides is 1. The van der Waals surface area contributed by atoms with Crippen LogP contribution in [0.2, 0.25) is 0 Å². The van der Waals surface area contributed by atoms with Crippen molar-refractivity contribution in [2.75, 3.05) is 13.1 Å². The number of nitrogens with one attached hydrogen (secondary N) is 3. The summed E-state index contributed by atoms with van der Waals surface area (Å²) in [6, 6.07) is 9.42. The van der Waals surface area contributed by atoms with Crippen LogP contribution in [-0.2, 0) is 19.5 Å². The molecule has 3 aromatic rings. The van der Waals surface area contributed by atoms with E-state index in [1.54, 1.807) is 10.8 Å². The Morgan fingerprint density at radius 1 is 1.32 bits per heavy atom. The predicted octanol–water partition coefficient (Wildman–Crippen LogP) is 0.800. The van der Waals surface area contributed by atoms with E-state index in [-0.39, 0.29) is 11.6 Å². The van der Waals surface area contributed by atoms with Gasteiger partial charge in [0.2, 0.25) is 0 Å². The number of aromatic nitrogens is 3. The number of pyridine rings is 1. The van der Waals surface area contributed by atoms with Crippen molar-refractivity contribution in [3.05, 3.63) is 63.8 Å². The zero-order chi connectivity index (χ0) is 17.2. The van der Waals surface area contributed by atoms with Crippen molar-refractivity contribution in [3.63, 3.8) is 0 Å². The lowest BCUT2D eigenvalue weighted by Gasteiger charge is -2.16. The Hall–Kier alpha value is -2.93. The van der Waals surface area contributed by atoms with Crippen LogP contribution in [0, 0.1) is 0 Å². The zero-order valence-electron chi connectivity index (χ0n) is 13.7. The number of benzene rings is 1. The van der Waals surface area contributed by atoms with Gasteiger partial charge in [0.1, 0.15) is 0 Å². The second-order valence-corrected chi connectivity index (χ2v) is 6.11. The highest BCUT2D eigenvalue weighted by Gasteiger charge is 2.14. The van der Waals surface area contributed by atoms with Gasteiger partial charge in [0, 0.05) is 25.8 Å². The van der Waals surface area contributed by atoms with Crippen LogP contribution < -0.4 is 16.3 Å². The maximum atomic E-state index is 12.3. The summed E-state index contributed by atoms with van der Waals surface area (Å²) in [6.45, 7) is 2.44. The van der Waals surface area contributed by atoms with Gasteiger partial charge in [-0.15, -0.1) is 0 Å². The number of nitrogens with zero attached hydrogens (tertiary/aromatic N) is 2. The van der Waals surface area contributed by atoms with E-state index >= 15 is 0 Å². The number of aromatic amines is 1.